The molecule has 3 rings (SSSR count). The van der Waals surface area contributed by atoms with Gasteiger partial charge in [0, 0.05) is 12.1 Å². The third kappa shape index (κ3) is 6.47. The Hall–Kier alpha value is -3.60. The number of amides is 1. The van der Waals surface area contributed by atoms with Crippen molar-refractivity contribution >= 4 is 11.9 Å². The van der Waals surface area contributed by atoms with E-state index in [9.17, 15) is 14.7 Å². The Morgan fingerprint density at radius 1 is 0.882 bits per heavy atom. The van der Waals surface area contributed by atoms with E-state index in [4.69, 9.17) is 4.74 Å². The van der Waals surface area contributed by atoms with Crippen molar-refractivity contribution in [3.8, 4) is 16.9 Å². The molecule has 0 aromatic heterocycles. The predicted octanol–water partition coefficient (Wildman–Crippen LogP) is 6.36. The standard InChI is InChI=1S/C29H33NO4/c1-5-26(22-13-11-21(12-14-22)20-9-7-6-8-10-20)34-24-17-15-23(16-18-24)27(31)30-19-25(28(32)33)29(2,3)4/h6-18,25-26H,5,19H2,1-4H3,(H,30,31)(H,32,33). The van der Waals surface area contributed by atoms with Gasteiger partial charge in [-0.1, -0.05) is 82.3 Å². The number of ether oxygens (including phenoxy) is 1. The Balaban J connectivity index is 1.62. The van der Waals surface area contributed by atoms with Gasteiger partial charge in [0.15, 0.2) is 0 Å². The molecule has 0 spiro atoms. The lowest BCUT2D eigenvalue weighted by Crippen LogP contribution is -2.39. The van der Waals surface area contributed by atoms with Crippen molar-refractivity contribution in [2.24, 2.45) is 11.3 Å². The van der Waals surface area contributed by atoms with Gasteiger partial charge in [-0.3, -0.25) is 9.59 Å². The molecule has 0 aliphatic carbocycles. The first-order valence-electron chi connectivity index (χ1n) is 11.6. The van der Waals surface area contributed by atoms with Gasteiger partial charge >= 0.3 is 5.97 Å². The number of carbonyl (C=O) groups is 2. The summed E-state index contributed by atoms with van der Waals surface area (Å²) in [4.78, 5) is 24.0. The van der Waals surface area contributed by atoms with Crippen LogP contribution in [0.3, 0.4) is 0 Å². The van der Waals surface area contributed by atoms with Gasteiger partial charge in [0.1, 0.15) is 11.9 Å². The van der Waals surface area contributed by atoms with E-state index in [0.717, 1.165) is 17.5 Å². The molecule has 2 atom stereocenters. The molecule has 1 amide bonds. The molecule has 2 unspecified atom stereocenters. The van der Waals surface area contributed by atoms with Crippen LogP contribution in [-0.2, 0) is 4.79 Å². The zero-order valence-electron chi connectivity index (χ0n) is 20.2. The maximum atomic E-state index is 12.5. The van der Waals surface area contributed by atoms with Gasteiger partial charge in [-0.25, -0.2) is 0 Å². The minimum atomic E-state index is -0.918. The van der Waals surface area contributed by atoms with Crippen LogP contribution in [0.2, 0.25) is 0 Å². The summed E-state index contributed by atoms with van der Waals surface area (Å²) >= 11 is 0. The van der Waals surface area contributed by atoms with Gasteiger partial charge in [-0.05, 0) is 52.8 Å². The molecule has 5 heteroatoms. The Morgan fingerprint density at radius 2 is 1.47 bits per heavy atom. The van der Waals surface area contributed by atoms with Crippen LogP contribution < -0.4 is 10.1 Å². The summed E-state index contributed by atoms with van der Waals surface area (Å²) in [5.74, 6) is -1.21. The van der Waals surface area contributed by atoms with E-state index in [1.54, 1.807) is 24.3 Å². The SMILES string of the molecule is CCC(Oc1ccc(C(=O)NCC(C(=O)O)C(C)(C)C)cc1)c1ccc(-c2ccccc2)cc1. The first-order valence-corrected chi connectivity index (χ1v) is 11.6. The van der Waals surface area contributed by atoms with E-state index in [2.05, 4.69) is 48.6 Å². The lowest BCUT2D eigenvalue weighted by atomic mass is 9.80. The van der Waals surface area contributed by atoms with Crippen molar-refractivity contribution in [2.75, 3.05) is 6.54 Å². The fourth-order valence-corrected chi connectivity index (χ4v) is 3.82. The van der Waals surface area contributed by atoms with E-state index in [-0.39, 0.29) is 18.6 Å². The molecule has 34 heavy (non-hydrogen) atoms. The quantitative estimate of drug-likeness (QED) is 0.390. The molecule has 2 N–H and O–H groups in total. The topological polar surface area (TPSA) is 75.6 Å². The zero-order chi connectivity index (χ0) is 24.7. The third-order valence-corrected chi connectivity index (χ3v) is 5.97. The number of carboxylic acid groups (broad SMARTS) is 1. The van der Waals surface area contributed by atoms with Crippen LogP contribution in [0.1, 0.15) is 56.1 Å². The van der Waals surface area contributed by atoms with Crippen LogP contribution in [0, 0.1) is 11.3 Å². The Bertz CT molecular complexity index is 1080. The first kappa shape index (κ1) is 25.0. The van der Waals surface area contributed by atoms with Crippen LogP contribution in [0.25, 0.3) is 11.1 Å². The minimum Gasteiger partial charge on any atom is -0.486 e. The van der Waals surface area contributed by atoms with Crippen LogP contribution in [0.5, 0.6) is 5.75 Å². The molecule has 0 saturated carbocycles. The molecule has 0 heterocycles. The summed E-state index contributed by atoms with van der Waals surface area (Å²) in [5, 5.41) is 12.2. The number of hydrogen-bond donors (Lipinski definition) is 2. The van der Waals surface area contributed by atoms with E-state index in [1.165, 1.54) is 5.56 Å². The highest BCUT2D eigenvalue weighted by Crippen LogP contribution is 2.28. The van der Waals surface area contributed by atoms with Crippen molar-refractivity contribution in [1.82, 2.24) is 5.32 Å². The summed E-state index contributed by atoms with van der Waals surface area (Å²) in [6.45, 7) is 7.70. The van der Waals surface area contributed by atoms with E-state index in [0.29, 0.717) is 11.3 Å². The van der Waals surface area contributed by atoms with E-state index in [1.807, 2.05) is 39.0 Å². The highest BCUT2D eigenvalue weighted by atomic mass is 16.5. The average Bonchev–Trinajstić information content (AvgIpc) is 2.82. The average molecular weight is 460 g/mol. The summed E-state index contributed by atoms with van der Waals surface area (Å²) in [5.41, 5.74) is 3.43. The number of aliphatic carboxylic acids is 1. The number of benzene rings is 3. The maximum absolute atomic E-state index is 12.5. The molecule has 0 fully saturated rings. The molecule has 5 nitrogen and oxygen atoms in total. The van der Waals surface area contributed by atoms with Crippen LogP contribution in [0.15, 0.2) is 78.9 Å². The summed E-state index contributed by atoms with van der Waals surface area (Å²) in [7, 11) is 0. The van der Waals surface area contributed by atoms with Gasteiger partial charge in [-0.2, -0.15) is 0 Å². The second-order valence-electron chi connectivity index (χ2n) is 9.49. The second kappa shape index (κ2) is 11.0. The number of rotatable bonds is 9. The highest BCUT2D eigenvalue weighted by Gasteiger charge is 2.31. The number of nitrogens with one attached hydrogen (secondary N) is 1. The summed E-state index contributed by atoms with van der Waals surface area (Å²) < 4.78 is 6.19. The van der Waals surface area contributed by atoms with Crippen LogP contribution in [-0.4, -0.2) is 23.5 Å². The lowest BCUT2D eigenvalue weighted by Gasteiger charge is -2.27. The fraction of sp³-hybridized carbons (Fsp3) is 0.310. The molecule has 3 aromatic rings. The molecular weight excluding hydrogens is 426 g/mol. The fourth-order valence-electron chi connectivity index (χ4n) is 3.82. The number of carboxylic acids is 1. The van der Waals surface area contributed by atoms with Gasteiger partial charge in [-0.15, -0.1) is 0 Å². The molecule has 0 radical (unpaired) electrons. The van der Waals surface area contributed by atoms with Crippen molar-refractivity contribution in [2.45, 2.75) is 40.2 Å². The normalized spacial score (nSPS) is 13.1. The second-order valence-corrected chi connectivity index (χ2v) is 9.49. The third-order valence-electron chi connectivity index (χ3n) is 5.97. The van der Waals surface area contributed by atoms with Gasteiger partial charge in [0.2, 0.25) is 0 Å². The lowest BCUT2D eigenvalue weighted by molar-refractivity contribution is -0.145. The Kier molecular flexibility index (Phi) is 8.11. The van der Waals surface area contributed by atoms with Crippen LogP contribution >= 0.6 is 0 Å². The summed E-state index contributed by atoms with van der Waals surface area (Å²) in [6.07, 6.45) is 0.698. The van der Waals surface area contributed by atoms with Crippen molar-refractivity contribution in [3.63, 3.8) is 0 Å². The molecule has 0 saturated heterocycles. The van der Waals surface area contributed by atoms with Crippen molar-refractivity contribution < 1.29 is 19.4 Å². The maximum Gasteiger partial charge on any atom is 0.308 e. The molecule has 3 aromatic carbocycles. The summed E-state index contributed by atoms with van der Waals surface area (Å²) in [6, 6.07) is 25.6. The zero-order valence-corrected chi connectivity index (χ0v) is 20.2. The monoisotopic (exact) mass is 459 g/mol. The number of carbonyl (C=O) groups excluding carboxylic acids is 1. The Labute approximate surface area is 201 Å². The van der Waals surface area contributed by atoms with E-state index >= 15 is 0 Å². The molecule has 0 aliphatic heterocycles. The predicted molar refractivity (Wildman–Crippen MR) is 135 cm³/mol. The van der Waals surface area contributed by atoms with Crippen molar-refractivity contribution in [1.29, 1.82) is 0 Å². The van der Waals surface area contributed by atoms with Crippen LogP contribution in [0.4, 0.5) is 0 Å². The molecule has 178 valence electrons. The molecule has 0 aliphatic rings. The highest BCUT2D eigenvalue weighted by molar-refractivity contribution is 5.94. The van der Waals surface area contributed by atoms with Gasteiger partial charge in [0.25, 0.3) is 5.91 Å². The molecule has 0 bridgehead atoms. The molecular formula is C29H33NO4. The first-order chi connectivity index (χ1) is 16.2. The largest absolute Gasteiger partial charge is 0.486 e. The van der Waals surface area contributed by atoms with E-state index < -0.39 is 17.3 Å². The number of hydrogen-bond acceptors (Lipinski definition) is 3. The van der Waals surface area contributed by atoms with Gasteiger partial charge < -0.3 is 15.2 Å². The van der Waals surface area contributed by atoms with Gasteiger partial charge in [0.05, 0.1) is 5.92 Å². The van der Waals surface area contributed by atoms with Crippen molar-refractivity contribution in [3.05, 3.63) is 90.0 Å². The Morgan fingerprint density at radius 3 is 2.00 bits per heavy atom. The smallest absolute Gasteiger partial charge is 0.308 e. The minimum absolute atomic E-state index is 0.0762.